The second-order valence-corrected chi connectivity index (χ2v) is 8.84. The fourth-order valence-corrected chi connectivity index (χ4v) is 4.17. The van der Waals surface area contributed by atoms with Crippen LogP contribution < -0.4 is 5.43 Å². The molecule has 0 saturated carbocycles. The van der Waals surface area contributed by atoms with Gasteiger partial charge in [0.1, 0.15) is 0 Å². The van der Waals surface area contributed by atoms with Gasteiger partial charge in [0.2, 0.25) is 0 Å². The molecular formula is C25H27BrN4O2. The quantitative estimate of drug-likeness (QED) is 0.406. The predicted octanol–water partition coefficient (Wildman–Crippen LogP) is 4.45. The van der Waals surface area contributed by atoms with Crippen molar-refractivity contribution in [3.05, 3.63) is 87.1 Å². The molecule has 0 radical (unpaired) electrons. The van der Waals surface area contributed by atoms with E-state index >= 15 is 0 Å². The first-order valence-electron chi connectivity index (χ1n) is 10.7. The van der Waals surface area contributed by atoms with Gasteiger partial charge >= 0.3 is 0 Å². The van der Waals surface area contributed by atoms with Gasteiger partial charge < -0.3 is 9.30 Å². The molecule has 7 heteroatoms. The molecule has 0 atom stereocenters. The molecule has 2 heterocycles. The lowest BCUT2D eigenvalue weighted by Crippen LogP contribution is -2.35. The standard InChI is InChI=1S/C25H27BrN4O2/c1-18-15-22(19(2)30(18)24-9-7-23(26)8-10-24)16-27-28-25(31)21-5-3-20(4-6-21)17-29-11-13-32-14-12-29/h3-10,15-16H,11-14,17H2,1-2H3,(H,28,31)/b27-16+. The lowest BCUT2D eigenvalue weighted by atomic mass is 10.1. The smallest absolute Gasteiger partial charge is 0.271 e. The van der Waals surface area contributed by atoms with E-state index in [1.54, 1.807) is 6.21 Å². The van der Waals surface area contributed by atoms with Crippen molar-refractivity contribution >= 4 is 28.1 Å². The number of ether oxygens (including phenoxy) is 1. The third kappa shape index (κ3) is 5.35. The van der Waals surface area contributed by atoms with Gasteiger partial charge in [-0.05, 0) is 61.9 Å². The number of nitrogens with zero attached hydrogens (tertiary/aromatic N) is 3. The fraction of sp³-hybridized carbons (Fsp3) is 0.280. The van der Waals surface area contributed by atoms with Gasteiger partial charge in [0.25, 0.3) is 5.91 Å². The van der Waals surface area contributed by atoms with Crippen molar-refractivity contribution in [1.29, 1.82) is 0 Å². The van der Waals surface area contributed by atoms with Crippen molar-refractivity contribution in [3.8, 4) is 5.69 Å². The number of hydrazone groups is 1. The number of nitrogens with one attached hydrogen (secondary N) is 1. The van der Waals surface area contributed by atoms with Crippen molar-refractivity contribution < 1.29 is 9.53 Å². The third-order valence-corrected chi connectivity index (χ3v) is 6.18. The summed E-state index contributed by atoms with van der Waals surface area (Å²) >= 11 is 3.48. The molecule has 1 aliphatic heterocycles. The van der Waals surface area contributed by atoms with Crippen molar-refractivity contribution in [3.63, 3.8) is 0 Å². The van der Waals surface area contributed by atoms with Gasteiger partial charge in [-0.2, -0.15) is 5.10 Å². The number of morpholine rings is 1. The molecule has 0 unspecified atom stereocenters. The first kappa shape index (κ1) is 22.5. The number of hydrogen-bond donors (Lipinski definition) is 1. The van der Waals surface area contributed by atoms with Crippen LogP contribution in [0, 0.1) is 13.8 Å². The molecule has 0 aliphatic carbocycles. The summed E-state index contributed by atoms with van der Waals surface area (Å²) in [5, 5.41) is 4.19. The topological polar surface area (TPSA) is 58.9 Å². The van der Waals surface area contributed by atoms with Gasteiger partial charge in [-0.1, -0.05) is 28.1 Å². The lowest BCUT2D eigenvalue weighted by molar-refractivity contribution is 0.0342. The molecule has 6 nitrogen and oxygen atoms in total. The van der Waals surface area contributed by atoms with E-state index in [0.29, 0.717) is 5.56 Å². The molecule has 2 aromatic carbocycles. The van der Waals surface area contributed by atoms with Crippen LogP contribution in [0.15, 0.2) is 64.2 Å². The molecule has 0 bridgehead atoms. The maximum atomic E-state index is 12.5. The fourth-order valence-electron chi connectivity index (χ4n) is 3.91. The zero-order chi connectivity index (χ0) is 22.5. The number of aromatic nitrogens is 1. The Balaban J connectivity index is 1.38. The zero-order valence-corrected chi connectivity index (χ0v) is 19.9. The third-order valence-electron chi connectivity index (χ3n) is 5.65. The van der Waals surface area contributed by atoms with Crippen LogP contribution in [0.5, 0.6) is 0 Å². The summed E-state index contributed by atoms with van der Waals surface area (Å²) in [6, 6.07) is 17.9. The van der Waals surface area contributed by atoms with E-state index in [0.717, 1.165) is 60.0 Å². The highest BCUT2D eigenvalue weighted by atomic mass is 79.9. The Hall–Kier alpha value is -2.74. The van der Waals surface area contributed by atoms with Crippen LogP contribution in [0.1, 0.15) is 32.9 Å². The molecule has 1 saturated heterocycles. The summed E-state index contributed by atoms with van der Waals surface area (Å²) in [5.74, 6) is -0.221. The summed E-state index contributed by atoms with van der Waals surface area (Å²) in [6.07, 6.45) is 1.70. The van der Waals surface area contributed by atoms with Gasteiger partial charge in [-0.3, -0.25) is 9.69 Å². The van der Waals surface area contributed by atoms with Crippen LogP contribution in [-0.4, -0.2) is 47.9 Å². The van der Waals surface area contributed by atoms with E-state index < -0.39 is 0 Å². The monoisotopic (exact) mass is 494 g/mol. The van der Waals surface area contributed by atoms with Gasteiger partial charge in [-0.25, -0.2) is 5.43 Å². The van der Waals surface area contributed by atoms with Crippen LogP contribution >= 0.6 is 15.9 Å². The summed E-state index contributed by atoms with van der Waals surface area (Å²) in [4.78, 5) is 14.8. The molecule has 0 spiro atoms. The van der Waals surface area contributed by atoms with Gasteiger partial charge in [0, 0.05) is 52.3 Å². The molecule has 4 rings (SSSR count). The summed E-state index contributed by atoms with van der Waals surface area (Å²) < 4.78 is 8.60. The number of rotatable bonds is 6. The maximum Gasteiger partial charge on any atom is 0.271 e. The maximum absolute atomic E-state index is 12.5. The number of halogens is 1. The Labute approximate surface area is 197 Å². The Morgan fingerprint density at radius 3 is 2.47 bits per heavy atom. The number of benzene rings is 2. The Morgan fingerprint density at radius 2 is 1.78 bits per heavy atom. The van der Waals surface area contributed by atoms with Gasteiger partial charge in [0.15, 0.2) is 0 Å². The van der Waals surface area contributed by atoms with Crippen molar-refractivity contribution in [2.45, 2.75) is 20.4 Å². The minimum absolute atomic E-state index is 0.221. The first-order chi connectivity index (χ1) is 15.5. The number of amides is 1. The average molecular weight is 495 g/mol. The SMILES string of the molecule is Cc1cc(/C=N/NC(=O)c2ccc(CN3CCOCC3)cc2)c(C)n1-c1ccc(Br)cc1. The van der Waals surface area contributed by atoms with Crippen LogP contribution in [0.2, 0.25) is 0 Å². The van der Waals surface area contributed by atoms with E-state index in [2.05, 4.69) is 61.0 Å². The average Bonchev–Trinajstić information content (AvgIpc) is 3.08. The minimum atomic E-state index is -0.221. The van der Waals surface area contributed by atoms with E-state index in [4.69, 9.17) is 4.74 Å². The van der Waals surface area contributed by atoms with E-state index in [-0.39, 0.29) is 5.91 Å². The Morgan fingerprint density at radius 1 is 1.09 bits per heavy atom. The number of carbonyl (C=O) groups excluding carboxylic acids is 1. The van der Waals surface area contributed by atoms with Gasteiger partial charge in [-0.15, -0.1) is 0 Å². The molecule has 1 amide bonds. The molecular weight excluding hydrogens is 468 g/mol. The van der Waals surface area contributed by atoms with Crippen LogP contribution in [-0.2, 0) is 11.3 Å². The Bertz CT molecular complexity index is 1100. The highest BCUT2D eigenvalue weighted by Crippen LogP contribution is 2.21. The second kappa shape index (κ2) is 10.3. The largest absolute Gasteiger partial charge is 0.379 e. The Kier molecular flexibility index (Phi) is 7.19. The molecule has 1 N–H and O–H groups in total. The minimum Gasteiger partial charge on any atom is -0.379 e. The van der Waals surface area contributed by atoms with Gasteiger partial charge in [0.05, 0.1) is 19.4 Å². The summed E-state index contributed by atoms with van der Waals surface area (Å²) in [7, 11) is 0. The predicted molar refractivity (Wildman–Crippen MR) is 131 cm³/mol. The zero-order valence-electron chi connectivity index (χ0n) is 18.3. The molecule has 1 fully saturated rings. The number of carbonyl (C=O) groups is 1. The normalized spacial score (nSPS) is 14.7. The molecule has 32 heavy (non-hydrogen) atoms. The van der Waals surface area contributed by atoms with E-state index in [1.165, 1.54) is 5.56 Å². The van der Waals surface area contributed by atoms with Crippen LogP contribution in [0.25, 0.3) is 5.69 Å². The first-order valence-corrected chi connectivity index (χ1v) is 11.5. The summed E-state index contributed by atoms with van der Waals surface area (Å²) in [6.45, 7) is 8.43. The highest BCUT2D eigenvalue weighted by molar-refractivity contribution is 9.10. The highest BCUT2D eigenvalue weighted by Gasteiger charge is 2.12. The second-order valence-electron chi connectivity index (χ2n) is 7.92. The van der Waals surface area contributed by atoms with Crippen molar-refractivity contribution in [2.24, 2.45) is 5.10 Å². The summed E-state index contributed by atoms with van der Waals surface area (Å²) in [5.41, 5.74) is 8.64. The van der Waals surface area contributed by atoms with Crippen LogP contribution in [0.4, 0.5) is 0 Å². The van der Waals surface area contributed by atoms with Crippen LogP contribution in [0.3, 0.4) is 0 Å². The van der Waals surface area contributed by atoms with E-state index in [1.807, 2.05) is 43.3 Å². The molecule has 1 aliphatic rings. The van der Waals surface area contributed by atoms with E-state index in [9.17, 15) is 4.79 Å². The van der Waals surface area contributed by atoms with Crippen molar-refractivity contribution in [2.75, 3.05) is 26.3 Å². The molecule has 3 aromatic rings. The van der Waals surface area contributed by atoms with Crippen molar-refractivity contribution in [1.82, 2.24) is 14.9 Å². The lowest BCUT2D eigenvalue weighted by Gasteiger charge is -2.26. The number of hydrogen-bond acceptors (Lipinski definition) is 4. The number of aryl methyl sites for hydroxylation is 1. The molecule has 166 valence electrons. The molecule has 1 aromatic heterocycles.